The molecule has 6 heteroatoms. The van der Waals surface area contributed by atoms with E-state index in [1.165, 1.54) is 11.3 Å². The minimum atomic E-state index is -0.403. The zero-order valence-corrected chi connectivity index (χ0v) is 9.79. The van der Waals surface area contributed by atoms with Crippen LogP contribution in [0, 0.1) is 0 Å². The summed E-state index contributed by atoms with van der Waals surface area (Å²) in [5, 5.41) is 2.29. The number of methoxy groups -OCH3 is 1. The van der Waals surface area contributed by atoms with E-state index in [-0.39, 0.29) is 5.78 Å². The highest BCUT2D eigenvalue weighted by Crippen LogP contribution is 2.25. The summed E-state index contributed by atoms with van der Waals surface area (Å²) < 4.78 is 15.4. The lowest BCUT2D eigenvalue weighted by atomic mass is 10.3. The van der Waals surface area contributed by atoms with Crippen LogP contribution in [0.5, 0.6) is 0 Å². The lowest BCUT2D eigenvalue weighted by molar-refractivity contribution is -0.0469. The summed E-state index contributed by atoms with van der Waals surface area (Å²) in [6.45, 7) is 1.58. The maximum Gasteiger partial charge on any atom is 0.202 e. The van der Waals surface area contributed by atoms with Gasteiger partial charge < -0.3 is 14.2 Å². The van der Waals surface area contributed by atoms with Crippen molar-refractivity contribution in [2.75, 3.05) is 26.9 Å². The number of thiazole rings is 1. The van der Waals surface area contributed by atoms with Gasteiger partial charge in [-0.1, -0.05) is 0 Å². The van der Waals surface area contributed by atoms with Crippen LogP contribution in [0.4, 0.5) is 0 Å². The Morgan fingerprint density at radius 3 is 3.06 bits per heavy atom. The molecule has 1 fully saturated rings. The van der Waals surface area contributed by atoms with Crippen LogP contribution in [-0.2, 0) is 14.2 Å². The number of aromatic nitrogens is 1. The van der Waals surface area contributed by atoms with E-state index in [1.54, 1.807) is 12.5 Å². The van der Waals surface area contributed by atoms with Crippen molar-refractivity contribution in [3.63, 3.8) is 0 Å². The summed E-state index contributed by atoms with van der Waals surface area (Å²) in [4.78, 5) is 15.8. The van der Waals surface area contributed by atoms with Crippen molar-refractivity contribution in [2.45, 2.75) is 12.7 Å². The van der Waals surface area contributed by atoms with E-state index in [2.05, 4.69) is 4.98 Å². The van der Waals surface area contributed by atoms with Crippen LogP contribution in [-0.4, -0.2) is 37.7 Å². The van der Waals surface area contributed by atoms with Gasteiger partial charge in [-0.25, -0.2) is 4.98 Å². The number of ether oxygens (including phenoxy) is 3. The van der Waals surface area contributed by atoms with Gasteiger partial charge in [-0.2, -0.15) is 0 Å². The molecular weight excluding hydrogens is 230 g/mol. The molecule has 1 aliphatic heterocycles. The van der Waals surface area contributed by atoms with Gasteiger partial charge in [0.15, 0.2) is 10.8 Å². The van der Waals surface area contributed by atoms with Crippen molar-refractivity contribution in [3.8, 4) is 0 Å². The maximum atomic E-state index is 11.6. The number of hydrogen-bond acceptors (Lipinski definition) is 6. The third kappa shape index (κ3) is 2.65. The molecule has 0 saturated carbocycles. The van der Waals surface area contributed by atoms with Gasteiger partial charge in [0, 0.05) is 18.9 Å². The number of Topliss-reactive ketones (excluding diaryl/α,β-unsaturated/α-hetero) is 1. The number of ketones is 1. The summed E-state index contributed by atoms with van der Waals surface area (Å²) in [6.07, 6.45) is -0.0456. The molecule has 0 atom stereocenters. The average molecular weight is 243 g/mol. The first-order valence-corrected chi connectivity index (χ1v) is 5.90. The standard InChI is InChI=1S/C10H13NO4S/c1-13-3-2-8(12)9-11-7(6-16-9)10-14-4-5-15-10/h6,10H,2-5H2,1H3. The lowest BCUT2D eigenvalue weighted by Crippen LogP contribution is -2.04. The summed E-state index contributed by atoms with van der Waals surface area (Å²) in [5.74, 6) is -0.00361. The van der Waals surface area contributed by atoms with E-state index < -0.39 is 6.29 Å². The molecule has 0 aromatic carbocycles. The molecule has 0 bridgehead atoms. The lowest BCUT2D eigenvalue weighted by Gasteiger charge is -2.03. The van der Waals surface area contributed by atoms with Crippen LogP contribution in [0.15, 0.2) is 5.38 Å². The summed E-state index contributed by atoms with van der Waals surface area (Å²) >= 11 is 1.32. The van der Waals surface area contributed by atoms with Crippen LogP contribution in [0.3, 0.4) is 0 Å². The number of carbonyl (C=O) groups is 1. The summed E-state index contributed by atoms with van der Waals surface area (Å²) in [7, 11) is 1.57. The Hall–Kier alpha value is -0.820. The van der Waals surface area contributed by atoms with E-state index >= 15 is 0 Å². The topological polar surface area (TPSA) is 57.7 Å². The highest BCUT2D eigenvalue weighted by atomic mass is 32.1. The van der Waals surface area contributed by atoms with Crippen LogP contribution in [0.1, 0.15) is 28.2 Å². The molecule has 0 radical (unpaired) electrons. The number of nitrogens with zero attached hydrogens (tertiary/aromatic N) is 1. The van der Waals surface area contributed by atoms with Crippen molar-refractivity contribution in [3.05, 3.63) is 16.1 Å². The maximum absolute atomic E-state index is 11.6. The van der Waals surface area contributed by atoms with Gasteiger partial charge in [0.25, 0.3) is 0 Å². The minimum absolute atomic E-state index is 0.00361. The first kappa shape index (κ1) is 11.7. The third-order valence-electron chi connectivity index (χ3n) is 2.16. The molecule has 0 spiro atoms. The largest absolute Gasteiger partial charge is 0.384 e. The quantitative estimate of drug-likeness (QED) is 0.732. The normalized spacial score (nSPS) is 16.8. The molecule has 5 nitrogen and oxygen atoms in total. The predicted molar refractivity (Wildman–Crippen MR) is 57.6 cm³/mol. The zero-order chi connectivity index (χ0) is 11.4. The van der Waals surface area contributed by atoms with Crippen molar-refractivity contribution >= 4 is 17.1 Å². The zero-order valence-electron chi connectivity index (χ0n) is 8.97. The number of hydrogen-bond donors (Lipinski definition) is 0. The Balaban J connectivity index is 1.98. The predicted octanol–water partition coefficient (Wildman–Crippen LogP) is 1.41. The van der Waals surface area contributed by atoms with Gasteiger partial charge in [-0.3, -0.25) is 4.79 Å². The Labute approximate surface area is 97.3 Å². The van der Waals surface area contributed by atoms with Gasteiger partial charge in [-0.05, 0) is 0 Å². The Kier molecular flexibility index (Phi) is 4.00. The first-order valence-electron chi connectivity index (χ1n) is 5.02. The van der Waals surface area contributed by atoms with Crippen molar-refractivity contribution in [1.82, 2.24) is 4.98 Å². The van der Waals surface area contributed by atoms with Crippen molar-refractivity contribution in [1.29, 1.82) is 0 Å². The molecular formula is C10H13NO4S. The minimum Gasteiger partial charge on any atom is -0.384 e. The Morgan fingerprint density at radius 2 is 2.38 bits per heavy atom. The number of rotatable bonds is 5. The van der Waals surface area contributed by atoms with Crippen molar-refractivity contribution < 1.29 is 19.0 Å². The monoisotopic (exact) mass is 243 g/mol. The second kappa shape index (κ2) is 5.49. The molecule has 88 valence electrons. The molecule has 0 aliphatic carbocycles. The van der Waals surface area contributed by atoms with E-state index in [4.69, 9.17) is 14.2 Å². The highest BCUT2D eigenvalue weighted by molar-refractivity contribution is 7.11. The fourth-order valence-corrected chi connectivity index (χ4v) is 2.14. The van der Waals surface area contributed by atoms with E-state index in [0.717, 1.165) is 0 Å². The third-order valence-corrected chi connectivity index (χ3v) is 3.06. The van der Waals surface area contributed by atoms with Gasteiger partial charge in [0.05, 0.1) is 19.8 Å². The Bertz CT molecular complexity index is 359. The van der Waals surface area contributed by atoms with Crippen molar-refractivity contribution in [2.24, 2.45) is 0 Å². The molecule has 16 heavy (non-hydrogen) atoms. The molecule has 0 N–H and O–H groups in total. The molecule has 2 heterocycles. The molecule has 0 unspecified atom stereocenters. The smallest absolute Gasteiger partial charge is 0.202 e. The van der Waals surface area contributed by atoms with Crippen LogP contribution in [0.2, 0.25) is 0 Å². The van der Waals surface area contributed by atoms with Crippen LogP contribution < -0.4 is 0 Å². The summed E-state index contributed by atoms with van der Waals surface area (Å²) in [6, 6.07) is 0. The van der Waals surface area contributed by atoms with E-state index in [0.29, 0.717) is 36.9 Å². The van der Waals surface area contributed by atoms with E-state index in [1.807, 2.05) is 0 Å². The molecule has 1 saturated heterocycles. The Morgan fingerprint density at radius 1 is 1.62 bits per heavy atom. The van der Waals surface area contributed by atoms with E-state index in [9.17, 15) is 4.79 Å². The van der Waals surface area contributed by atoms with Gasteiger partial charge >= 0.3 is 0 Å². The average Bonchev–Trinajstić information content (AvgIpc) is 2.94. The molecule has 1 aromatic heterocycles. The molecule has 1 aliphatic rings. The van der Waals surface area contributed by atoms with Gasteiger partial charge in [0.2, 0.25) is 6.29 Å². The highest BCUT2D eigenvalue weighted by Gasteiger charge is 2.22. The van der Waals surface area contributed by atoms with Gasteiger partial charge in [-0.15, -0.1) is 11.3 Å². The SMILES string of the molecule is COCCC(=O)c1nc(C2OCCO2)cs1. The first-order chi connectivity index (χ1) is 7.81. The second-order valence-corrected chi connectivity index (χ2v) is 4.18. The molecule has 2 rings (SSSR count). The summed E-state index contributed by atoms with van der Waals surface area (Å²) in [5.41, 5.74) is 0.684. The van der Waals surface area contributed by atoms with Crippen LogP contribution >= 0.6 is 11.3 Å². The second-order valence-electron chi connectivity index (χ2n) is 3.32. The molecule has 0 amide bonds. The number of carbonyl (C=O) groups excluding carboxylic acids is 1. The van der Waals surface area contributed by atoms with Gasteiger partial charge in [0.1, 0.15) is 5.69 Å². The fourth-order valence-electron chi connectivity index (χ4n) is 1.35. The van der Waals surface area contributed by atoms with Crippen LogP contribution in [0.25, 0.3) is 0 Å². The fraction of sp³-hybridized carbons (Fsp3) is 0.600. The molecule has 1 aromatic rings.